The van der Waals surface area contributed by atoms with Crippen LogP contribution in [0.1, 0.15) is 32.3 Å². The standard InChI is InChI=1S/C19H28N2O4/c1-14(2)25-17-5-3-15(4-6-17)7-10-20-18(22)13-21-11-8-16(9-12-21)19(23)24/h3-6,14,16H,7-13H2,1-2H3,(H,20,22)(H,23,24). The zero-order chi connectivity index (χ0) is 18.2. The average molecular weight is 348 g/mol. The third-order valence-corrected chi connectivity index (χ3v) is 4.34. The van der Waals surface area contributed by atoms with E-state index in [1.807, 2.05) is 43.0 Å². The lowest BCUT2D eigenvalue weighted by atomic mass is 9.97. The van der Waals surface area contributed by atoms with Crippen molar-refractivity contribution in [2.45, 2.75) is 39.2 Å². The second-order valence-electron chi connectivity index (χ2n) is 6.80. The molecule has 25 heavy (non-hydrogen) atoms. The second kappa shape index (κ2) is 9.42. The molecule has 0 unspecified atom stereocenters. The molecule has 1 aromatic rings. The van der Waals surface area contributed by atoms with Gasteiger partial charge in [0.2, 0.25) is 5.91 Å². The van der Waals surface area contributed by atoms with Gasteiger partial charge in [-0.15, -0.1) is 0 Å². The molecular weight excluding hydrogens is 320 g/mol. The van der Waals surface area contributed by atoms with E-state index < -0.39 is 5.97 Å². The molecule has 0 radical (unpaired) electrons. The highest BCUT2D eigenvalue weighted by Crippen LogP contribution is 2.17. The van der Waals surface area contributed by atoms with Crippen molar-refractivity contribution >= 4 is 11.9 Å². The highest BCUT2D eigenvalue weighted by molar-refractivity contribution is 5.78. The van der Waals surface area contributed by atoms with Gasteiger partial charge in [-0.1, -0.05) is 12.1 Å². The molecule has 0 bridgehead atoms. The van der Waals surface area contributed by atoms with Gasteiger partial charge in [-0.05, 0) is 63.9 Å². The quantitative estimate of drug-likeness (QED) is 0.750. The Bertz CT molecular complexity index is 563. The number of ether oxygens (including phenoxy) is 1. The third kappa shape index (κ3) is 6.74. The van der Waals surface area contributed by atoms with E-state index in [9.17, 15) is 9.59 Å². The molecule has 1 aliphatic rings. The molecule has 0 saturated carbocycles. The SMILES string of the molecule is CC(C)Oc1ccc(CCNC(=O)CN2CCC(C(=O)O)CC2)cc1. The Hall–Kier alpha value is -2.08. The minimum atomic E-state index is -0.728. The monoisotopic (exact) mass is 348 g/mol. The van der Waals surface area contributed by atoms with Crippen molar-refractivity contribution in [3.05, 3.63) is 29.8 Å². The van der Waals surface area contributed by atoms with Crippen molar-refractivity contribution in [2.24, 2.45) is 5.92 Å². The maximum atomic E-state index is 12.0. The van der Waals surface area contributed by atoms with Gasteiger partial charge in [0.25, 0.3) is 0 Å². The summed E-state index contributed by atoms with van der Waals surface area (Å²) in [6.07, 6.45) is 2.17. The predicted octanol–water partition coefficient (Wildman–Crippen LogP) is 1.93. The molecule has 2 N–H and O–H groups in total. The lowest BCUT2D eigenvalue weighted by Crippen LogP contribution is -2.43. The molecule has 0 aromatic heterocycles. The molecule has 6 heteroatoms. The number of rotatable bonds is 8. The first-order chi connectivity index (χ1) is 11.9. The van der Waals surface area contributed by atoms with Crippen LogP contribution in [0.3, 0.4) is 0 Å². The number of hydrogen-bond acceptors (Lipinski definition) is 4. The van der Waals surface area contributed by atoms with Gasteiger partial charge in [-0.25, -0.2) is 0 Å². The number of amides is 1. The van der Waals surface area contributed by atoms with E-state index in [0.29, 0.717) is 39.0 Å². The summed E-state index contributed by atoms with van der Waals surface area (Å²) in [6, 6.07) is 7.93. The summed E-state index contributed by atoms with van der Waals surface area (Å²) in [5.74, 6) is -0.142. The van der Waals surface area contributed by atoms with E-state index in [0.717, 1.165) is 17.7 Å². The van der Waals surface area contributed by atoms with Gasteiger partial charge in [0, 0.05) is 6.54 Å². The third-order valence-electron chi connectivity index (χ3n) is 4.34. The van der Waals surface area contributed by atoms with Crippen LogP contribution in [0, 0.1) is 5.92 Å². The maximum Gasteiger partial charge on any atom is 0.306 e. The molecule has 0 aliphatic carbocycles. The van der Waals surface area contributed by atoms with Crippen LogP contribution in [-0.2, 0) is 16.0 Å². The summed E-state index contributed by atoms with van der Waals surface area (Å²) in [5.41, 5.74) is 1.15. The van der Waals surface area contributed by atoms with E-state index in [-0.39, 0.29) is 17.9 Å². The van der Waals surface area contributed by atoms with Crippen molar-refractivity contribution in [3.63, 3.8) is 0 Å². The van der Waals surface area contributed by atoms with Crippen molar-refractivity contribution in [1.29, 1.82) is 0 Å². The van der Waals surface area contributed by atoms with Crippen LogP contribution >= 0.6 is 0 Å². The number of carboxylic acids is 1. The van der Waals surface area contributed by atoms with Crippen LogP contribution in [0.5, 0.6) is 5.75 Å². The van der Waals surface area contributed by atoms with E-state index >= 15 is 0 Å². The van der Waals surface area contributed by atoms with Crippen LogP contribution in [0.15, 0.2) is 24.3 Å². The molecule has 1 aromatic carbocycles. The normalized spacial score (nSPS) is 16.0. The summed E-state index contributed by atoms with van der Waals surface area (Å²) >= 11 is 0. The van der Waals surface area contributed by atoms with Crippen LogP contribution in [0.4, 0.5) is 0 Å². The predicted molar refractivity (Wildman–Crippen MR) is 95.7 cm³/mol. The number of piperidine rings is 1. The van der Waals surface area contributed by atoms with Crippen molar-refractivity contribution in [3.8, 4) is 5.75 Å². The fourth-order valence-corrected chi connectivity index (χ4v) is 2.95. The van der Waals surface area contributed by atoms with E-state index in [1.165, 1.54) is 0 Å². The fourth-order valence-electron chi connectivity index (χ4n) is 2.95. The lowest BCUT2D eigenvalue weighted by molar-refractivity contribution is -0.143. The number of carbonyl (C=O) groups is 2. The molecule has 1 aliphatic heterocycles. The Balaban J connectivity index is 1.64. The second-order valence-corrected chi connectivity index (χ2v) is 6.80. The molecule has 0 atom stereocenters. The molecule has 1 fully saturated rings. The highest BCUT2D eigenvalue weighted by Gasteiger charge is 2.25. The van der Waals surface area contributed by atoms with Gasteiger partial charge in [0.15, 0.2) is 0 Å². The Labute approximate surface area is 149 Å². The zero-order valence-electron chi connectivity index (χ0n) is 15.0. The van der Waals surface area contributed by atoms with Crippen LogP contribution in [-0.4, -0.2) is 54.2 Å². The van der Waals surface area contributed by atoms with Gasteiger partial charge < -0.3 is 15.2 Å². The Morgan fingerprint density at radius 3 is 2.44 bits per heavy atom. The van der Waals surface area contributed by atoms with Gasteiger partial charge in [0.05, 0.1) is 18.6 Å². The molecular formula is C19H28N2O4. The molecule has 1 amide bonds. The Kier molecular flexibility index (Phi) is 7.25. The van der Waals surface area contributed by atoms with Crippen LogP contribution in [0.25, 0.3) is 0 Å². The smallest absolute Gasteiger partial charge is 0.306 e. The van der Waals surface area contributed by atoms with Crippen molar-refractivity contribution in [1.82, 2.24) is 10.2 Å². The minimum absolute atomic E-state index is 0.00598. The Morgan fingerprint density at radius 2 is 1.88 bits per heavy atom. The maximum absolute atomic E-state index is 12.0. The van der Waals surface area contributed by atoms with Gasteiger partial charge >= 0.3 is 5.97 Å². The van der Waals surface area contributed by atoms with Crippen LogP contribution < -0.4 is 10.1 Å². The number of carboxylic acid groups (broad SMARTS) is 1. The number of carbonyl (C=O) groups excluding carboxylic acids is 1. The van der Waals surface area contributed by atoms with Gasteiger partial charge in [-0.3, -0.25) is 14.5 Å². The van der Waals surface area contributed by atoms with Crippen LogP contribution in [0.2, 0.25) is 0 Å². The first-order valence-corrected chi connectivity index (χ1v) is 8.91. The first kappa shape index (κ1) is 19.2. The lowest BCUT2D eigenvalue weighted by Gasteiger charge is -2.29. The fraction of sp³-hybridized carbons (Fsp3) is 0.579. The topological polar surface area (TPSA) is 78.9 Å². The molecule has 6 nitrogen and oxygen atoms in total. The summed E-state index contributed by atoms with van der Waals surface area (Å²) in [7, 11) is 0. The minimum Gasteiger partial charge on any atom is -0.491 e. The molecule has 1 saturated heterocycles. The van der Waals surface area contributed by atoms with Gasteiger partial charge in [0.1, 0.15) is 5.75 Å². The summed E-state index contributed by atoms with van der Waals surface area (Å²) < 4.78 is 5.61. The number of hydrogen-bond donors (Lipinski definition) is 2. The largest absolute Gasteiger partial charge is 0.491 e. The number of benzene rings is 1. The van der Waals surface area contributed by atoms with Crippen molar-refractivity contribution in [2.75, 3.05) is 26.2 Å². The van der Waals surface area contributed by atoms with E-state index in [1.54, 1.807) is 0 Å². The number of nitrogens with zero attached hydrogens (tertiary/aromatic N) is 1. The highest BCUT2D eigenvalue weighted by atomic mass is 16.5. The molecule has 2 rings (SSSR count). The average Bonchev–Trinajstić information content (AvgIpc) is 2.56. The number of nitrogens with one attached hydrogen (secondary N) is 1. The van der Waals surface area contributed by atoms with Gasteiger partial charge in [-0.2, -0.15) is 0 Å². The summed E-state index contributed by atoms with van der Waals surface area (Å²) in [6.45, 7) is 6.26. The van der Waals surface area contributed by atoms with E-state index in [4.69, 9.17) is 9.84 Å². The Morgan fingerprint density at radius 1 is 1.24 bits per heavy atom. The zero-order valence-corrected chi connectivity index (χ0v) is 15.0. The van der Waals surface area contributed by atoms with E-state index in [2.05, 4.69) is 5.32 Å². The number of likely N-dealkylation sites (tertiary alicyclic amines) is 1. The summed E-state index contributed by atoms with van der Waals surface area (Å²) in [5, 5.41) is 11.9. The van der Waals surface area contributed by atoms with Crippen molar-refractivity contribution < 1.29 is 19.4 Å². The number of aliphatic carboxylic acids is 1. The first-order valence-electron chi connectivity index (χ1n) is 8.91. The molecule has 0 spiro atoms. The summed E-state index contributed by atoms with van der Waals surface area (Å²) in [4.78, 5) is 25.0. The molecule has 1 heterocycles. The molecule has 138 valence electrons.